The Morgan fingerprint density at radius 3 is 2.44 bits per heavy atom. The molecule has 0 saturated carbocycles. The molecule has 0 spiro atoms. The van der Waals surface area contributed by atoms with Gasteiger partial charge in [0, 0.05) is 30.9 Å². The minimum Gasteiger partial charge on any atom is -0.497 e. The highest BCUT2D eigenvalue weighted by Crippen LogP contribution is 2.19. The third kappa shape index (κ3) is 5.24. The van der Waals surface area contributed by atoms with Gasteiger partial charge in [0.25, 0.3) is 5.91 Å². The average Bonchev–Trinajstić information content (AvgIpc) is 2.62. The Hall–Kier alpha value is -2.49. The Morgan fingerprint density at radius 1 is 1.12 bits per heavy atom. The molecular formula is C21H28N2O2. The van der Waals surface area contributed by atoms with E-state index in [-0.39, 0.29) is 5.91 Å². The molecule has 0 atom stereocenters. The van der Waals surface area contributed by atoms with Crippen molar-refractivity contribution in [3.63, 3.8) is 0 Å². The van der Waals surface area contributed by atoms with Crippen LogP contribution in [0.25, 0.3) is 0 Å². The lowest BCUT2D eigenvalue weighted by molar-refractivity contribution is 0.0953. The van der Waals surface area contributed by atoms with E-state index in [1.807, 2.05) is 44.2 Å². The number of hydrogen-bond acceptors (Lipinski definition) is 3. The molecule has 0 heterocycles. The Balaban J connectivity index is 1.83. The maximum Gasteiger partial charge on any atom is 0.251 e. The summed E-state index contributed by atoms with van der Waals surface area (Å²) in [5.74, 6) is 0.866. The first-order valence-corrected chi connectivity index (χ1v) is 8.79. The van der Waals surface area contributed by atoms with E-state index in [4.69, 9.17) is 4.74 Å². The number of amides is 1. The number of rotatable bonds is 8. The quantitative estimate of drug-likeness (QED) is 0.740. The SMILES string of the molecule is CCN(CCCNC(=O)c1ccc(C)cc1C)c1ccc(OC)cc1. The molecule has 1 amide bonds. The third-order valence-corrected chi connectivity index (χ3v) is 4.34. The normalized spacial score (nSPS) is 10.4. The largest absolute Gasteiger partial charge is 0.497 e. The molecule has 4 nitrogen and oxygen atoms in total. The molecule has 0 saturated heterocycles. The molecule has 4 heteroatoms. The molecule has 2 aromatic carbocycles. The van der Waals surface area contributed by atoms with Crippen LogP contribution in [-0.2, 0) is 0 Å². The number of ether oxygens (including phenoxy) is 1. The lowest BCUT2D eigenvalue weighted by Crippen LogP contribution is -2.30. The second kappa shape index (κ2) is 9.11. The zero-order valence-electron chi connectivity index (χ0n) is 15.6. The van der Waals surface area contributed by atoms with E-state index in [9.17, 15) is 4.79 Å². The number of aryl methyl sites for hydroxylation is 2. The lowest BCUT2D eigenvalue weighted by atomic mass is 10.1. The predicted octanol–water partition coefficient (Wildman–Crippen LogP) is 3.96. The van der Waals surface area contributed by atoms with Crippen molar-refractivity contribution in [3.8, 4) is 5.75 Å². The first-order valence-electron chi connectivity index (χ1n) is 8.79. The van der Waals surface area contributed by atoms with E-state index in [1.54, 1.807) is 7.11 Å². The van der Waals surface area contributed by atoms with Crippen molar-refractivity contribution in [2.45, 2.75) is 27.2 Å². The Morgan fingerprint density at radius 2 is 1.84 bits per heavy atom. The summed E-state index contributed by atoms with van der Waals surface area (Å²) < 4.78 is 5.20. The number of nitrogens with one attached hydrogen (secondary N) is 1. The fraction of sp³-hybridized carbons (Fsp3) is 0.381. The molecule has 0 aliphatic rings. The van der Waals surface area contributed by atoms with Gasteiger partial charge in [-0.3, -0.25) is 4.79 Å². The molecule has 2 aromatic rings. The standard InChI is InChI=1S/C21H28N2O2/c1-5-23(18-8-10-19(25-4)11-9-18)14-6-13-22-21(24)20-12-7-16(2)15-17(20)3/h7-12,15H,5-6,13-14H2,1-4H3,(H,22,24). The van der Waals surface area contributed by atoms with Crippen molar-refractivity contribution in [2.75, 3.05) is 31.6 Å². The van der Waals surface area contributed by atoms with E-state index in [2.05, 4.69) is 29.3 Å². The van der Waals surface area contributed by atoms with Crippen molar-refractivity contribution in [1.29, 1.82) is 0 Å². The van der Waals surface area contributed by atoms with E-state index < -0.39 is 0 Å². The monoisotopic (exact) mass is 340 g/mol. The van der Waals surface area contributed by atoms with E-state index in [0.717, 1.165) is 36.4 Å². The van der Waals surface area contributed by atoms with Crippen LogP contribution in [0.2, 0.25) is 0 Å². The number of nitrogens with zero attached hydrogens (tertiary/aromatic N) is 1. The van der Waals surface area contributed by atoms with Gasteiger partial charge in [-0.25, -0.2) is 0 Å². The second-order valence-corrected chi connectivity index (χ2v) is 6.21. The summed E-state index contributed by atoms with van der Waals surface area (Å²) in [5.41, 5.74) is 4.12. The summed E-state index contributed by atoms with van der Waals surface area (Å²) in [6.45, 7) is 8.64. The van der Waals surface area contributed by atoms with Crippen LogP contribution in [0.15, 0.2) is 42.5 Å². The van der Waals surface area contributed by atoms with E-state index in [0.29, 0.717) is 6.54 Å². The minimum absolute atomic E-state index is 0.00463. The minimum atomic E-state index is 0.00463. The van der Waals surface area contributed by atoms with Crippen molar-refractivity contribution in [2.24, 2.45) is 0 Å². The van der Waals surface area contributed by atoms with Crippen LogP contribution in [0, 0.1) is 13.8 Å². The molecule has 2 rings (SSSR count). The van der Waals surface area contributed by atoms with E-state index in [1.165, 1.54) is 11.3 Å². The van der Waals surface area contributed by atoms with Gasteiger partial charge >= 0.3 is 0 Å². The van der Waals surface area contributed by atoms with Crippen LogP contribution in [-0.4, -0.2) is 32.7 Å². The molecule has 0 unspecified atom stereocenters. The van der Waals surface area contributed by atoms with Crippen LogP contribution in [0.5, 0.6) is 5.75 Å². The highest BCUT2D eigenvalue weighted by atomic mass is 16.5. The summed E-state index contributed by atoms with van der Waals surface area (Å²) in [6.07, 6.45) is 0.899. The van der Waals surface area contributed by atoms with Gasteiger partial charge in [-0.05, 0) is 63.1 Å². The molecule has 134 valence electrons. The van der Waals surface area contributed by atoms with Crippen LogP contribution in [0.1, 0.15) is 34.8 Å². The number of carbonyl (C=O) groups is 1. The molecule has 0 aliphatic heterocycles. The number of anilines is 1. The zero-order chi connectivity index (χ0) is 18.2. The van der Waals surface area contributed by atoms with Crippen LogP contribution < -0.4 is 15.0 Å². The van der Waals surface area contributed by atoms with Crippen LogP contribution in [0.3, 0.4) is 0 Å². The molecule has 0 radical (unpaired) electrons. The fourth-order valence-electron chi connectivity index (χ4n) is 2.90. The molecule has 0 aromatic heterocycles. The van der Waals surface area contributed by atoms with Crippen molar-refractivity contribution >= 4 is 11.6 Å². The van der Waals surface area contributed by atoms with Crippen molar-refractivity contribution < 1.29 is 9.53 Å². The summed E-state index contributed by atoms with van der Waals surface area (Å²) in [6, 6.07) is 14.0. The summed E-state index contributed by atoms with van der Waals surface area (Å²) in [4.78, 5) is 14.6. The summed E-state index contributed by atoms with van der Waals surface area (Å²) in [5, 5.41) is 3.02. The second-order valence-electron chi connectivity index (χ2n) is 6.21. The molecule has 0 aliphatic carbocycles. The smallest absolute Gasteiger partial charge is 0.251 e. The molecule has 25 heavy (non-hydrogen) atoms. The number of benzene rings is 2. The number of carbonyl (C=O) groups excluding carboxylic acids is 1. The molecular weight excluding hydrogens is 312 g/mol. The van der Waals surface area contributed by atoms with Crippen LogP contribution in [0.4, 0.5) is 5.69 Å². The maximum absolute atomic E-state index is 12.3. The highest BCUT2D eigenvalue weighted by Gasteiger charge is 2.09. The number of hydrogen-bond donors (Lipinski definition) is 1. The van der Waals surface area contributed by atoms with Gasteiger partial charge in [-0.1, -0.05) is 17.7 Å². The Labute approximate surface area is 150 Å². The van der Waals surface area contributed by atoms with Gasteiger partial charge < -0.3 is 15.0 Å². The Kier molecular flexibility index (Phi) is 6.87. The van der Waals surface area contributed by atoms with Crippen LogP contribution >= 0.6 is 0 Å². The number of methoxy groups -OCH3 is 1. The van der Waals surface area contributed by atoms with Gasteiger partial charge in [-0.15, -0.1) is 0 Å². The van der Waals surface area contributed by atoms with Gasteiger partial charge in [0.2, 0.25) is 0 Å². The fourth-order valence-corrected chi connectivity index (χ4v) is 2.90. The topological polar surface area (TPSA) is 41.6 Å². The van der Waals surface area contributed by atoms with Crippen molar-refractivity contribution in [1.82, 2.24) is 5.32 Å². The molecule has 0 bridgehead atoms. The van der Waals surface area contributed by atoms with Crippen molar-refractivity contribution in [3.05, 3.63) is 59.2 Å². The first kappa shape index (κ1) is 18.8. The van der Waals surface area contributed by atoms with Gasteiger partial charge in [0.1, 0.15) is 5.75 Å². The maximum atomic E-state index is 12.3. The summed E-state index contributed by atoms with van der Waals surface area (Å²) >= 11 is 0. The van der Waals surface area contributed by atoms with Gasteiger partial charge in [0.05, 0.1) is 7.11 Å². The first-order chi connectivity index (χ1) is 12.0. The summed E-state index contributed by atoms with van der Waals surface area (Å²) in [7, 11) is 1.67. The predicted molar refractivity (Wildman–Crippen MR) is 104 cm³/mol. The third-order valence-electron chi connectivity index (χ3n) is 4.34. The highest BCUT2D eigenvalue weighted by molar-refractivity contribution is 5.95. The Bertz CT molecular complexity index is 696. The van der Waals surface area contributed by atoms with E-state index >= 15 is 0 Å². The molecule has 1 N–H and O–H groups in total. The zero-order valence-corrected chi connectivity index (χ0v) is 15.6. The lowest BCUT2D eigenvalue weighted by Gasteiger charge is -2.23. The van der Waals surface area contributed by atoms with Gasteiger partial charge in [-0.2, -0.15) is 0 Å². The average molecular weight is 340 g/mol. The molecule has 0 fully saturated rings. The van der Waals surface area contributed by atoms with Gasteiger partial charge in [0.15, 0.2) is 0 Å².